The van der Waals surface area contributed by atoms with Crippen molar-refractivity contribution in [2.75, 3.05) is 11.1 Å². The normalized spacial score (nSPS) is 11.3. The summed E-state index contributed by atoms with van der Waals surface area (Å²) in [7, 11) is -3.22. The molecule has 0 bridgehead atoms. The lowest BCUT2D eigenvalue weighted by molar-refractivity contribution is 0.597. The van der Waals surface area contributed by atoms with E-state index in [0.29, 0.717) is 17.1 Å². The highest BCUT2D eigenvalue weighted by atomic mass is 32.2. The van der Waals surface area contributed by atoms with Crippen LogP contribution in [0.2, 0.25) is 0 Å². The molecule has 0 unspecified atom stereocenters. The molecule has 0 aliphatic carbocycles. The molecule has 0 atom stereocenters. The molecule has 4 nitrogen and oxygen atoms in total. The second-order valence-electron chi connectivity index (χ2n) is 4.56. The lowest BCUT2D eigenvalue weighted by Crippen LogP contribution is -2.09. The number of anilines is 1. The summed E-state index contributed by atoms with van der Waals surface area (Å²) in [6.45, 7) is 4.12. The number of hydrogen-bond acceptors (Lipinski definition) is 4. The Balaban J connectivity index is 2.20. The van der Waals surface area contributed by atoms with Gasteiger partial charge in [-0.25, -0.2) is 8.42 Å². The number of nitrogens with zero attached hydrogens (tertiary/aromatic N) is 1. The van der Waals surface area contributed by atoms with Gasteiger partial charge < -0.3 is 5.32 Å². The van der Waals surface area contributed by atoms with E-state index in [1.165, 1.54) is 0 Å². The van der Waals surface area contributed by atoms with Crippen LogP contribution in [0, 0.1) is 6.92 Å². The smallest absolute Gasteiger partial charge is 0.180 e. The summed E-state index contributed by atoms with van der Waals surface area (Å²) in [5, 5.41) is 3.17. The summed E-state index contributed by atoms with van der Waals surface area (Å²) in [5.74, 6) is 0.0950. The van der Waals surface area contributed by atoms with Gasteiger partial charge in [0.1, 0.15) is 0 Å². The third kappa shape index (κ3) is 3.36. The highest BCUT2D eigenvalue weighted by Crippen LogP contribution is 2.22. The van der Waals surface area contributed by atoms with E-state index in [2.05, 4.69) is 10.3 Å². The van der Waals surface area contributed by atoms with Crippen molar-refractivity contribution in [2.45, 2.75) is 25.3 Å². The van der Waals surface area contributed by atoms with Crippen molar-refractivity contribution in [2.24, 2.45) is 0 Å². The molecule has 0 spiro atoms. The number of nitrogens with one attached hydrogen (secondary N) is 1. The van der Waals surface area contributed by atoms with Gasteiger partial charge in [0, 0.05) is 18.4 Å². The lowest BCUT2D eigenvalue weighted by atomic mass is 10.2. The summed E-state index contributed by atoms with van der Waals surface area (Å²) < 4.78 is 24.1. The number of aryl methyl sites for hydroxylation is 1. The fourth-order valence-electron chi connectivity index (χ4n) is 1.84. The fraction of sp³-hybridized carbons (Fsp3) is 0.267. The van der Waals surface area contributed by atoms with Gasteiger partial charge in [0.05, 0.1) is 16.3 Å². The first kappa shape index (κ1) is 14.5. The maximum absolute atomic E-state index is 12.0. The van der Waals surface area contributed by atoms with Gasteiger partial charge in [-0.3, -0.25) is 4.98 Å². The van der Waals surface area contributed by atoms with Crippen LogP contribution in [0.4, 0.5) is 5.69 Å². The molecule has 2 aromatic rings. The molecule has 20 heavy (non-hydrogen) atoms. The Morgan fingerprint density at radius 3 is 2.55 bits per heavy atom. The van der Waals surface area contributed by atoms with Gasteiger partial charge in [-0.05, 0) is 30.7 Å². The zero-order valence-corrected chi connectivity index (χ0v) is 12.4. The van der Waals surface area contributed by atoms with Crippen molar-refractivity contribution in [3.8, 4) is 0 Å². The predicted molar refractivity (Wildman–Crippen MR) is 80.5 cm³/mol. The zero-order chi connectivity index (χ0) is 14.6. The summed E-state index contributed by atoms with van der Waals surface area (Å²) >= 11 is 0. The van der Waals surface area contributed by atoms with E-state index >= 15 is 0 Å². The predicted octanol–water partition coefficient (Wildman–Crippen LogP) is 2.80. The highest BCUT2D eigenvalue weighted by molar-refractivity contribution is 7.91. The molecule has 0 fully saturated rings. The quantitative estimate of drug-likeness (QED) is 0.920. The van der Waals surface area contributed by atoms with Crippen LogP contribution in [-0.4, -0.2) is 19.2 Å². The molecule has 0 saturated heterocycles. The lowest BCUT2D eigenvalue weighted by Gasteiger charge is -2.11. The van der Waals surface area contributed by atoms with Crippen LogP contribution >= 0.6 is 0 Å². The molecule has 1 heterocycles. The largest absolute Gasteiger partial charge is 0.380 e. The van der Waals surface area contributed by atoms with E-state index in [4.69, 9.17) is 0 Å². The first-order valence-corrected chi connectivity index (χ1v) is 8.15. The van der Waals surface area contributed by atoms with Gasteiger partial charge in [0.15, 0.2) is 9.84 Å². The molecule has 0 saturated carbocycles. The second kappa shape index (κ2) is 6.05. The molecule has 1 aromatic carbocycles. The molecule has 0 radical (unpaired) electrons. The van der Waals surface area contributed by atoms with Crippen LogP contribution in [0.15, 0.2) is 47.5 Å². The van der Waals surface area contributed by atoms with Gasteiger partial charge in [-0.2, -0.15) is 0 Å². The van der Waals surface area contributed by atoms with Gasteiger partial charge in [-0.1, -0.05) is 25.1 Å². The molecule has 0 aliphatic heterocycles. The molecular formula is C15H18N2O2S. The minimum atomic E-state index is -3.22. The number of para-hydroxylation sites is 1. The summed E-state index contributed by atoms with van der Waals surface area (Å²) in [5.41, 5.74) is 2.61. The molecule has 106 valence electrons. The Kier molecular flexibility index (Phi) is 4.39. The van der Waals surface area contributed by atoms with Crippen molar-refractivity contribution in [3.05, 3.63) is 53.9 Å². The van der Waals surface area contributed by atoms with Crippen LogP contribution in [0.1, 0.15) is 18.2 Å². The van der Waals surface area contributed by atoms with E-state index in [1.807, 2.05) is 25.1 Å². The molecule has 2 rings (SSSR count). The van der Waals surface area contributed by atoms with E-state index in [1.54, 1.807) is 31.3 Å². The summed E-state index contributed by atoms with van der Waals surface area (Å²) in [4.78, 5) is 4.57. The average Bonchev–Trinajstić information content (AvgIpc) is 2.47. The standard InChI is InChI=1S/C15H18N2O2S/c1-3-20(18,19)15-7-5-4-6-14(15)17-11-13-9-8-12(2)16-10-13/h4-10,17H,3,11H2,1-2H3. The SMILES string of the molecule is CCS(=O)(=O)c1ccccc1NCc1ccc(C)nc1. The monoisotopic (exact) mass is 290 g/mol. The Labute approximate surface area is 119 Å². The summed E-state index contributed by atoms with van der Waals surface area (Å²) in [6.07, 6.45) is 1.79. The van der Waals surface area contributed by atoms with Crippen LogP contribution in [-0.2, 0) is 16.4 Å². The van der Waals surface area contributed by atoms with Crippen LogP contribution in [0.5, 0.6) is 0 Å². The van der Waals surface area contributed by atoms with E-state index in [0.717, 1.165) is 11.3 Å². The van der Waals surface area contributed by atoms with Crippen molar-refractivity contribution in [1.82, 2.24) is 4.98 Å². The Morgan fingerprint density at radius 2 is 1.90 bits per heavy atom. The summed E-state index contributed by atoms with van der Waals surface area (Å²) in [6, 6.07) is 10.9. The first-order chi connectivity index (χ1) is 9.53. The van der Waals surface area contributed by atoms with Gasteiger partial charge in [-0.15, -0.1) is 0 Å². The number of benzene rings is 1. The molecule has 5 heteroatoms. The number of sulfone groups is 1. The number of rotatable bonds is 5. The maximum Gasteiger partial charge on any atom is 0.180 e. The maximum atomic E-state index is 12.0. The van der Waals surface area contributed by atoms with E-state index in [-0.39, 0.29) is 5.75 Å². The second-order valence-corrected chi connectivity index (χ2v) is 6.81. The third-order valence-corrected chi connectivity index (χ3v) is 4.84. The highest BCUT2D eigenvalue weighted by Gasteiger charge is 2.15. The molecule has 1 N–H and O–H groups in total. The molecular weight excluding hydrogens is 272 g/mol. The zero-order valence-electron chi connectivity index (χ0n) is 11.6. The van der Waals surface area contributed by atoms with Crippen LogP contribution < -0.4 is 5.32 Å². The minimum Gasteiger partial charge on any atom is -0.380 e. The Hall–Kier alpha value is -1.88. The van der Waals surface area contributed by atoms with Crippen LogP contribution in [0.25, 0.3) is 0 Å². The third-order valence-electron chi connectivity index (χ3n) is 3.06. The Morgan fingerprint density at radius 1 is 1.15 bits per heavy atom. The van der Waals surface area contributed by atoms with Crippen molar-refractivity contribution >= 4 is 15.5 Å². The number of aromatic nitrogens is 1. The average molecular weight is 290 g/mol. The topological polar surface area (TPSA) is 59.1 Å². The van der Waals surface area contributed by atoms with Crippen molar-refractivity contribution < 1.29 is 8.42 Å². The van der Waals surface area contributed by atoms with Crippen LogP contribution in [0.3, 0.4) is 0 Å². The minimum absolute atomic E-state index is 0.0950. The van der Waals surface area contributed by atoms with Gasteiger partial charge in [0.2, 0.25) is 0 Å². The number of hydrogen-bond donors (Lipinski definition) is 1. The Bertz CT molecular complexity index is 679. The first-order valence-electron chi connectivity index (χ1n) is 6.50. The van der Waals surface area contributed by atoms with Crippen molar-refractivity contribution in [1.29, 1.82) is 0 Å². The number of pyridine rings is 1. The van der Waals surface area contributed by atoms with E-state index < -0.39 is 9.84 Å². The van der Waals surface area contributed by atoms with Gasteiger partial charge in [0.25, 0.3) is 0 Å². The van der Waals surface area contributed by atoms with Crippen molar-refractivity contribution in [3.63, 3.8) is 0 Å². The molecule has 0 aliphatic rings. The van der Waals surface area contributed by atoms with Gasteiger partial charge >= 0.3 is 0 Å². The molecule has 1 aromatic heterocycles. The van der Waals surface area contributed by atoms with E-state index in [9.17, 15) is 8.42 Å². The fourth-order valence-corrected chi connectivity index (χ4v) is 2.91. The molecule has 0 amide bonds.